The van der Waals surface area contributed by atoms with Gasteiger partial charge in [0.25, 0.3) is 0 Å². The average molecular weight is 353 g/mol. The highest BCUT2D eigenvalue weighted by Crippen LogP contribution is 2.15. The van der Waals surface area contributed by atoms with Crippen LogP contribution in [0.15, 0.2) is 24.3 Å². The molecule has 24 heavy (non-hydrogen) atoms. The van der Waals surface area contributed by atoms with E-state index < -0.39 is 0 Å². The molecule has 1 aromatic carbocycles. The van der Waals surface area contributed by atoms with Crippen LogP contribution in [0.25, 0.3) is 0 Å². The summed E-state index contributed by atoms with van der Waals surface area (Å²) in [5.41, 5.74) is 1.10. The Kier molecular flexibility index (Phi) is 6.91. The van der Waals surface area contributed by atoms with E-state index in [4.69, 9.17) is 16.3 Å². The molecule has 6 heteroatoms. The number of carbonyl (C=O) groups excluding carboxylic acids is 2. The largest absolute Gasteiger partial charge is 0.450 e. The molecule has 1 N–H and O–H groups in total. The quantitative estimate of drug-likeness (QED) is 0.884. The van der Waals surface area contributed by atoms with Gasteiger partial charge in [0.05, 0.1) is 6.61 Å². The van der Waals surface area contributed by atoms with E-state index in [1.807, 2.05) is 31.2 Å². The summed E-state index contributed by atoms with van der Waals surface area (Å²) >= 11 is 5.88. The molecular weight excluding hydrogens is 328 g/mol. The summed E-state index contributed by atoms with van der Waals surface area (Å²) in [5.74, 6) is -0.0474. The maximum Gasteiger partial charge on any atom is 0.409 e. The summed E-state index contributed by atoms with van der Waals surface area (Å²) < 4.78 is 5.00. The van der Waals surface area contributed by atoms with Crippen molar-refractivity contribution in [3.05, 3.63) is 34.9 Å². The molecule has 0 aliphatic carbocycles. The van der Waals surface area contributed by atoms with Crippen LogP contribution in [-0.4, -0.2) is 42.6 Å². The Balaban J connectivity index is 1.76. The van der Waals surface area contributed by atoms with Crippen molar-refractivity contribution in [2.75, 3.05) is 19.7 Å². The third-order valence-corrected chi connectivity index (χ3v) is 4.52. The number of amides is 2. The zero-order chi connectivity index (χ0) is 17.5. The lowest BCUT2D eigenvalue weighted by Crippen LogP contribution is -2.47. The van der Waals surface area contributed by atoms with Gasteiger partial charge in [-0.15, -0.1) is 0 Å². The molecule has 0 bridgehead atoms. The third kappa shape index (κ3) is 5.41. The Bertz CT molecular complexity index is 554. The highest BCUT2D eigenvalue weighted by Gasteiger charge is 2.25. The van der Waals surface area contributed by atoms with Crippen LogP contribution in [0.4, 0.5) is 4.79 Å². The summed E-state index contributed by atoms with van der Waals surface area (Å²) in [6.45, 7) is 5.35. The fraction of sp³-hybridized carbons (Fsp3) is 0.556. The number of carbonyl (C=O) groups is 2. The minimum atomic E-state index is -0.265. The minimum absolute atomic E-state index is 0.0551. The molecule has 1 aromatic rings. The molecule has 2 amide bonds. The zero-order valence-corrected chi connectivity index (χ0v) is 15.0. The number of benzene rings is 1. The number of nitrogens with zero attached hydrogens (tertiary/aromatic N) is 1. The first-order chi connectivity index (χ1) is 11.5. The predicted molar refractivity (Wildman–Crippen MR) is 94.1 cm³/mol. The normalized spacial score (nSPS) is 16.5. The zero-order valence-electron chi connectivity index (χ0n) is 14.3. The summed E-state index contributed by atoms with van der Waals surface area (Å²) in [5, 5.41) is 3.80. The number of nitrogens with one attached hydrogen (secondary N) is 1. The first kappa shape index (κ1) is 18.6. The van der Waals surface area contributed by atoms with Crippen molar-refractivity contribution in [1.82, 2.24) is 10.2 Å². The minimum Gasteiger partial charge on any atom is -0.450 e. The molecule has 132 valence electrons. The van der Waals surface area contributed by atoms with Crippen LogP contribution in [0.5, 0.6) is 0 Å². The van der Waals surface area contributed by atoms with Crippen molar-refractivity contribution in [3.63, 3.8) is 0 Å². The van der Waals surface area contributed by atoms with Crippen LogP contribution in [0, 0.1) is 5.92 Å². The maximum atomic E-state index is 12.4. The highest BCUT2D eigenvalue weighted by atomic mass is 35.5. The van der Waals surface area contributed by atoms with Crippen molar-refractivity contribution in [2.45, 2.75) is 39.2 Å². The van der Waals surface area contributed by atoms with E-state index in [0.29, 0.717) is 31.1 Å². The molecular formula is C18H25ClN2O3. The molecule has 1 fully saturated rings. The maximum absolute atomic E-state index is 12.4. The fourth-order valence-electron chi connectivity index (χ4n) is 2.83. The number of halogens is 1. The van der Waals surface area contributed by atoms with Gasteiger partial charge in [-0.05, 0) is 43.9 Å². The molecule has 1 heterocycles. The number of rotatable bonds is 5. The molecule has 0 spiro atoms. The van der Waals surface area contributed by atoms with Gasteiger partial charge in [-0.1, -0.05) is 30.7 Å². The lowest BCUT2D eigenvalue weighted by atomic mass is 9.98. The first-order valence-electron chi connectivity index (χ1n) is 8.46. The Morgan fingerprint density at radius 3 is 2.50 bits per heavy atom. The van der Waals surface area contributed by atoms with E-state index in [0.717, 1.165) is 18.4 Å². The van der Waals surface area contributed by atoms with Crippen molar-refractivity contribution < 1.29 is 14.3 Å². The van der Waals surface area contributed by atoms with Crippen LogP contribution in [0.2, 0.25) is 5.02 Å². The third-order valence-electron chi connectivity index (χ3n) is 4.27. The van der Waals surface area contributed by atoms with E-state index in [9.17, 15) is 9.59 Å². The van der Waals surface area contributed by atoms with Crippen LogP contribution >= 0.6 is 11.6 Å². The van der Waals surface area contributed by atoms with Crippen LogP contribution in [-0.2, 0) is 16.0 Å². The van der Waals surface area contributed by atoms with E-state index in [2.05, 4.69) is 5.32 Å². The first-order valence-corrected chi connectivity index (χ1v) is 8.84. The van der Waals surface area contributed by atoms with E-state index in [1.165, 1.54) is 0 Å². The fourth-order valence-corrected chi connectivity index (χ4v) is 2.96. The van der Waals surface area contributed by atoms with Crippen LogP contribution in [0.3, 0.4) is 0 Å². The Morgan fingerprint density at radius 2 is 1.92 bits per heavy atom. The molecule has 2 rings (SSSR count). The molecule has 5 nitrogen and oxygen atoms in total. The topological polar surface area (TPSA) is 58.6 Å². The lowest BCUT2D eigenvalue weighted by molar-refractivity contribution is -0.125. The van der Waals surface area contributed by atoms with E-state index in [-0.39, 0.29) is 24.0 Å². The van der Waals surface area contributed by atoms with Crippen molar-refractivity contribution >= 4 is 23.6 Å². The van der Waals surface area contributed by atoms with Gasteiger partial charge in [0.2, 0.25) is 5.91 Å². The number of ether oxygens (including phenoxy) is 1. The monoisotopic (exact) mass is 352 g/mol. The molecule has 1 aliphatic rings. The second kappa shape index (κ2) is 8.92. The molecule has 1 unspecified atom stereocenters. The highest BCUT2D eigenvalue weighted by molar-refractivity contribution is 6.30. The van der Waals surface area contributed by atoms with Crippen molar-refractivity contribution in [3.8, 4) is 0 Å². The molecule has 0 aromatic heterocycles. The Morgan fingerprint density at radius 1 is 1.29 bits per heavy atom. The van der Waals surface area contributed by atoms with Gasteiger partial charge in [-0.3, -0.25) is 4.79 Å². The molecule has 0 saturated carbocycles. The lowest BCUT2D eigenvalue weighted by Gasteiger charge is -2.32. The summed E-state index contributed by atoms with van der Waals surface area (Å²) in [6, 6.07) is 7.70. The Hall–Kier alpha value is -1.75. The predicted octanol–water partition coefficient (Wildman–Crippen LogP) is 3.26. The van der Waals surface area contributed by atoms with Crippen molar-refractivity contribution in [1.29, 1.82) is 0 Å². The summed E-state index contributed by atoms with van der Waals surface area (Å²) in [4.78, 5) is 25.7. The Labute approximate surface area is 148 Å². The standard InChI is InChI=1S/C18H25ClN2O3/c1-3-24-18(23)21-10-8-16(9-11-21)20-17(22)13(2)12-14-4-6-15(19)7-5-14/h4-7,13,16H,3,8-12H2,1-2H3,(H,20,22). The summed E-state index contributed by atoms with van der Waals surface area (Å²) in [7, 11) is 0. The summed E-state index contributed by atoms with van der Waals surface area (Å²) in [6.07, 6.45) is 1.94. The van der Waals surface area contributed by atoms with Crippen molar-refractivity contribution in [2.24, 2.45) is 5.92 Å². The van der Waals surface area contributed by atoms with Gasteiger partial charge < -0.3 is 15.0 Å². The van der Waals surface area contributed by atoms with Gasteiger partial charge >= 0.3 is 6.09 Å². The van der Waals surface area contributed by atoms with E-state index in [1.54, 1.807) is 11.8 Å². The smallest absolute Gasteiger partial charge is 0.409 e. The number of likely N-dealkylation sites (tertiary alicyclic amines) is 1. The van der Waals surface area contributed by atoms with Gasteiger partial charge in [0.1, 0.15) is 0 Å². The van der Waals surface area contributed by atoms with E-state index >= 15 is 0 Å². The second-order valence-electron chi connectivity index (χ2n) is 6.20. The van der Waals surface area contributed by atoms with Gasteiger partial charge in [-0.2, -0.15) is 0 Å². The molecule has 1 aliphatic heterocycles. The molecule has 1 atom stereocenters. The average Bonchev–Trinajstić information content (AvgIpc) is 2.57. The molecule has 1 saturated heterocycles. The number of hydrogen-bond acceptors (Lipinski definition) is 3. The SMILES string of the molecule is CCOC(=O)N1CCC(NC(=O)C(C)Cc2ccc(Cl)cc2)CC1. The van der Waals surface area contributed by atoms with Gasteiger partial charge in [-0.25, -0.2) is 4.79 Å². The van der Waals surface area contributed by atoms with Gasteiger partial charge in [0, 0.05) is 30.1 Å². The van der Waals surface area contributed by atoms with Crippen LogP contribution in [0.1, 0.15) is 32.3 Å². The number of hydrogen-bond donors (Lipinski definition) is 1. The second-order valence-corrected chi connectivity index (χ2v) is 6.64. The number of piperidine rings is 1. The van der Waals surface area contributed by atoms with Crippen LogP contribution < -0.4 is 5.32 Å². The molecule has 0 radical (unpaired) electrons. The van der Waals surface area contributed by atoms with Gasteiger partial charge in [0.15, 0.2) is 0 Å².